The lowest BCUT2D eigenvalue weighted by Gasteiger charge is -2.40. The van der Waals surface area contributed by atoms with Gasteiger partial charge in [-0.25, -0.2) is 0 Å². The molecule has 0 amide bonds. The zero-order chi connectivity index (χ0) is 9.73. The molecule has 3 heteroatoms. The molecule has 0 spiro atoms. The normalized spacial score (nSPS) is 22.4. The van der Waals surface area contributed by atoms with E-state index in [4.69, 9.17) is 5.11 Å². The van der Waals surface area contributed by atoms with Crippen LogP contribution in [0.1, 0.15) is 32.6 Å². The summed E-state index contributed by atoms with van der Waals surface area (Å²) in [5.41, 5.74) is 0. The van der Waals surface area contributed by atoms with Crippen LogP contribution < -0.4 is 5.32 Å². The summed E-state index contributed by atoms with van der Waals surface area (Å²) in [6.07, 6.45) is 7.00. The van der Waals surface area contributed by atoms with Crippen LogP contribution in [0.4, 0.5) is 0 Å². The number of aliphatic hydroxyl groups excluding tert-OH is 1. The summed E-state index contributed by atoms with van der Waals surface area (Å²) in [5.74, 6) is 0. The van der Waals surface area contributed by atoms with Gasteiger partial charge in [-0.05, 0) is 39.0 Å². The van der Waals surface area contributed by atoms with Crippen molar-refractivity contribution >= 4 is 11.8 Å². The number of thioether (sulfide) groups is 1. The van der Waals surface area contributed by atoms with E-state index in [1.807, 2.05) is 18.7 Å². The quantitative estimate of drug-likeness (QED) is 0.644. The summed E-state index contributed by atoms with van der Waals surface area (Å²) in [6.45, 7) is 3.90. The maximum Gasteiger partial charge on any atom is 0.0524 e. The predicted molar refractivity (Wildman–Crippen MR) is 59.3 cm³/mol. The van der Waals surface area contributed by atoms with Gasteiger partial charge in [0.1, 0.15) is 0 Å². The third kappa shape index (κ3) is 3.49. The van der Waals surface area contributed by atoms with Crippen molar-refractivity contribution in [3.05, 3.63) is 0 Å². The number of hydrogen-bond donors (Lipinski definition) is 2. The Morgan fingerprint density at radius 1 is 1.54 bits per heavy atom. The molecule has 0 aromatic rings. The molecule has 0 saturated heterocycles. The molecule has 0 aromatic heterocycles. The zero-order valence-corrected chi connectivity index (χ0v) is 9.49. The summed E-state index contributed by atoms with van der Waals surface area (Å²) in [6, 6.07) is 0. The average Bonchev–Trinajstić information content (AvgIpc) is 2.01. The molecule has 1 rings (SSSR count). The van der Waals surface area contributed by atoms with Gasteiger partial charge in [-0.3, -0.25) is 0 Å². The molecule has 1 saturated carbocycles. The number of aliphatic hydroxyl groups is 1. The van der Waals surface area contributed by atoms with Gasteiger partial charge in [0.2, 0.25) is 0 Å². The summed E-state index contributed by atoms with van der Waals surface area (Å²) in [5, 5.41) is 12.5. The van der Waals surface area contributed by atoms with E-state index in [-0.39, 0.29) is 6.10 Å². The highest BCUT2D eigenvalue weighted by atomic mass is 32.2. The van der Waals surface area contributed by atoms with E-state index < -0.39 is 0 Å². The highest BCUT2D eigenvalue weighted by Crippen LogP contribution is 2.42. The minimum Gasteiger partial charge on any atom is -0.393 e. The highest BCUT2D eigenvalue weighted by molar-refractivity contribution is 8.00. The third-order valence-electron chi connectivity index (χ3n) is 2.88. The van der Waals surface area contributed by atoms with Gasteiger partial charge in [0.15, 0.2) is 0 Å². The minimum atomic E-state index is -0.167. The number of nitrogens with one attached hydrogen (secondary N) is 1. The van der Waals surface area contributed by atoms with Gasteiger partial charge in [0.05, 0.1) is 6.10 Å². The van der Waals surface area contributed by atoms with Crippen LogP contribution in [0, 0.1) is 0 Å². The maximum absolute atomic E-state index is 9.06. The first-order valence-electron chi connectivity index (χ1n) is 5.12. The second-order valence-corrected chi connectivity index (χ2v) is 5.33. The molecule has 1 aliphatic rings. The van der Waals surface area contributed by atoms with E-state index in [9.17, 15) is 0 Å². The summed E-state index contributed by atoms with van der Waals surface area (Å²) in [7, 11) is 0. The molecule has 1 fully saturated rings. The molecule has 0 heterocycles. The van der Waals surface area contributed by atoms with Crippen LogP contribution in [-0.4, -0.2) is 35.3 Å². The smallest absolute Gasteiger partial charge is 0.0524 e. The van der Waals surface area contributed by atoms with E-state index in [1.54, 1.807) is 0 Å². The summed E-state index contributed by atoms with van der Waals surface area (Å²) >= 11 is 1.99. The Labute approximate surface area is 85.5 Å². The third-order valence-corrected chi connectivity index (χ3v) is 4.30. The van der Waals surface area contributed by atoms with Crippen molar-refractivity contribution in [3.63, 3.8) is 0 Å². The second-order valence-electron chi connectivity index (χ2n) is 4.06. The molecule has 1 unspecified atom stereocenters. The first kappa shape index (κ1) is 11.3. The van der Waals surface area contributed by atoms with Crippen molar-refractivity contribution in [2.45, 2.75) is 43.5 Å². The first-order valence-corrected chi connectivity index (χ1v) is 6.35. The van der Waals surface area contributed by atoms with Gasteiger partial charge < -0.3 is 10.4 Å². The van der Waals surface area contributed by atoms with E-state index in [0.29, 0.717) is 4.75 Å². The van der Waals surface area contributed by atoms with Crippen LogP contribution in [-0.2, 0) is 0 Å². The van der Waals surface area contributed by atoms with Crippen molar-refractivity contribution in [2.24, 2.45) is 0 Å². The molecule has 2 nitrogen and oxygen atoms in total. The summed E-state index contributed by atoms with van der Waals surface area (Å²) in [4.78, 5) is 0. The lowest BCUT2D eigenvalue weighted by molar-refractivity contribution is 0.182. The number of rotatable bonds is 6. The fourth-order valence-electron chi connectivity index (χ4n) is 1.65. The second kappa shape index (κ2) is 5.23. The highest BCUT2D eigenvalue weighted by Gasteiger charge is 2.35. The molecule has 0 aliphatic heterocycles. The Morgan fingerprint density at radius 2 is 2.23 bits per heavy atom. The first-order chi connectivity index (χ1) is 6.18. The van der Waals surface area contributed by atoms with Gasteiger partial charge in [0, 0.05) is 11.3 Å². The van der Waals surface area contributed by atoms with Gasteiger partial charge in [-0.15, -0.1) is 0 Å². The van der Waals surface area contributed by atoms with E-state index in [0.717, 1.165) is 19.5 Å². The predicted octanol–water partition coefficient (Wildman–Crippen LogP) is 1.63. The molecular weight excluding hydrogens is 182 g/mol. The van der Waals surface area contributed by atoms with Crippen LogP contribution in [0.25, 0.3) is 0 Å². The number of hydrogen-bond acceptors (Lipinski definition) is 3. The van der Waals surface area contributed by atoms with Crippen LogP contribution in [0.15, 0.2) is 0 Å². The molecule has 0 aromatic carbocycles. The van der Waals surface area contributed by atoms with Gasteiger partial charge in [-0.1, -0.05) is 6.42 Å². The van der Waals surface area contributed by atoms with Crippen LogP contribution in [0.2, 0.25) is 0 Å². The lowest BCUT2D eigenvalue weighted by Crippen LogP contribution is -2.43. The van der Waals surface area contributed by atoms with E-state index >= 15 is 0 Å². The van der Waals surface area contributed by atoms with Crippen molar-refractivity contribution in [2.75, 3.05) is 19.3 Å². The van der Waals surface area contributed by atoms with E-state index in [1.165, 1.54) is 19.3 Å². The standard InChI is InChI=1S/C10H21NOS/c1-9(12)4-7-11-8-10(13-2)5-3-6-10/h9,11-12H,3-8H2,1-2H3. The SMILES string of the molecule is CSC1(CNCCC(C)O)CCC1. The monoisotopic (exact) mass is 203 g/mol. The van der Waals surface area contributed by atoms with Gasteiger partial charge in [-0.2, -0.15) is 11.8 Å². The van der Waals surface area contributed by atoms with Gasteiger partial charge >= 0.3 is 0 Å². The van der Waals surface area contributed by atoms with Crippen LogP contribution in [0.3, 0.4) is 0 Å². The molecule has 2 N–H and O–H groups in total. The zero-order valence-electron chi connectivity index (χ0n) is 8.68. The van der Waals surface area contributed by atoms with E-state index in [2.05, 4.69) is 11.6 Å². The Kier molecular flexibility index (Phi) is 4.56. The van der Waals surface area contributed by atoms with Crippen molar-refractivity contribution in [3.8, 4) is 0 Å². The van der Waals surface area contributed by atoms with Crippen molar-refractivity contribution < 1.29 is 5.11 Å². The topological polar surface area (TPSA) is 32.3 Å². The lowest BCUT2D eigenvalue weighted by atomic mass is 9.84. The Hall–Kier alpha value is 0.270. The molecule has 1 atom stereocenters. The Balaban J connectivity index is 2.04. The molecule has 0 bridgehead atoms. The van der Waals surface area contributed by atoms with Crippen molar-refractivity contribution in [1.82, 2.24) is 5.32 Å². The fraction of sp³-hybridized carbons (Fsp3) is 1.00. The summed E-state index contributed by atoms with van der Waals surface area (Å²) < 4.78 is 0.526. The van der Waals surface area contributed by atoms with Crippen LogP contribution >= 0.6 is 11.8 Å². The molecule has 0 radical (unpaired) electrons. The average molecular weight is 203 g/mol. The minimum absolute atomic E-state index is 0.167. The molecular formula is C10H21NOS. The fourth-order valence-corrected chi connectivity index (χ4v) is 2.59. The molecule has 1 aliphatic carbocycles. The molecule has 13 heavy (non-hydrogen) atoms. The Morgan fingerprint density at radius 3 is 2.62 bits per heavy atom. The maximum atomic E-state index is 9.06. The van der Waals surface area contributed by atoms with Gasteiger partial charge in [0.25, 0.3) is 0 Å². The Bertz CT molecular complexity index is 140. The van der Waals surface area contributed by atoms with Crippen molar-refractivity contribution in [1.29, 1.82) is 0 Å². The molecule has 78 valence electrons. The van der Waals surface area contributed by atoms with Crippen LogP contribution in [0.5, 0.6) is 0 Å². The largest absolute Gasteiger partial charge is 0.393 e.